The van der Waals surface area contributed by atoms with Crippen LogP contribution in [0.15, 0.2) is 18.2 Å². The lowest BCUT2D eigenvalue weighted by molar-refractivity contribution is -0.127. The van der Waals surface area contributed by atoms with Crippen molar-refractivity contribution < 1.29 is 24.1 Å². The van der Waals surface area contributed by atoms with Gasteiger partial charge < -0.3 is 20.3 Å². The summed E-state index contributed by atoms with van der Waals surface area (Å²) in [6, 6.07) is 4.15. The van der Waals surface area contributed by atoms with E-state index in [0.29, 0.717) is 24.2 Å². The molecule has 2 saturated carbocycles. The van der Waals surface area contributed by atoms with Crippen molar-refractivity contribution in [2.24, 2.45) is 5.92 Å². The van der Waals surface area contributed by atoms with Gasteiger partial charge in [0.1, 0.15) is 30.2 Å². The molecule has 0 spiro atoms. The van der Waals surface area contributed by atoms with Crippen LogP contribution >= 0.6 is 0 Å². The Bertz CT molecular complexity index is 637. The number of aliphatic hydroxyl groups excluding tert-OH is 2. The van der Waals surface area contributed by atoms with Crippen LogP contribution in [0.2, 0.25) is 0 Å². The Hall–Kier alpha value is -1.66. The van der Waals surface area contributed by atoms with E-state index in [9.17, 15) is 19.4 Å². The first-order valence-electron chi connectivity index (χ1n) is 7.60. The molecule has 0 radical (unpaired) electrons. The molecular weight excluding hydrogens is 289 g/mol. The highest BCUT2D eigenvalue weighted by molar-refractivity contribution is 5.86. The van der Waals surface area contributed by atoms with Crippen LogP contribution < -0.4 is 10.1 Å². The third-order valence-corrected chi connectivity index (χ3v) is 5.40. The van der Waals surface area contributed by atoms with E-state index < -0.39 is 29.5 Å². The third-order valence-electron chi connectivity index (χ3n) is 5.40. The molecule has 3 N–H and O–H groups in total. The number of nitrogens with one attached hydrogen (secondary N) is 1. The monoisotopic (exact) mass is 307 g/mol. The normalized spacial score (nSPS) is 38.7. The van der Waals surface area contributed by atoms with Gasteiger partial charge in [-0.3, -0.25) is 4.79 Å². The molecule has 3 unspecified atom stereocenters. The Morgan fingerprint density at radius 2 is 2.23 bits per heavy atom. The molecule has 1 heterocycles. The first-order valence-corrected chi connectivity index (χ1v) is 7.60. The van der Waals surface area contributed by atoms with Crippen molar-refractivity contribution in [3.63, 3.8) is 0 Å². The maximum absolute atomic E-state index is 13.4. The second-order valence-electron chi connectivity index (χ2n) is 6.63. The fraction of sp³-hybridized carbons (Fsp3) is 0.562. The molecule has 118 valence electrons. The number of carbonyl (C=O) groups excluding carboxylic acids is 1. The Labute approximate surface area is 127 Å². The van der Waals surface area contributed by atoms with Gasteiger partial charge >= 0.3 is 0 Å². The minimum atomic E-state index is -0.940. The van der Waals surface area contributed by atoms with E-state index in [1.807, 2.05) is 0 Å². The minimum Gasteiger partial charge on any atom is -0.492 e. The van der Waals surface area contributed by atoms with Gasteiger partial charge in [-0.2, -0.15) is 0 Å². The first-order chi connectivity index (χ1) is 10.5. The molecule has 1 aromatic carbocycles. The summed E-state index contributed by atoms with van der Waals surface area (Å²) in [6.07, 6.45) is 0.323. The molecule has 1 aliphatic heterocycles. The van der Waals surface area contributed by atoms with Crippen LogP contribution in [-0.4, -0.2) is 40.5 Å². The molecule has 4 rings (SSSR count). The van der Waals surface area contributed by atoms with Gasteiger partial charge in [0, 0.05) is 5.56 Å². The van der Waals surface area contributed by atoms with E-state index in [2.05, 4.69) is 5.32 Å². The molecule has 2 fully saturated rings. The van der Waals surface area contributed by atoms with Crippen molar-refractivity contribution >= 4 is 5.91 Å². The number of amides is 1. The van der Waals surface area contributed by atoms with Crippen LogP contribution in [0.1, 0.15) is 30.7 Å². The Morgan fingerprint density at radius 1 is 1.41 bits per heavy atom. The average molecular weight is 307 g/mol. The quantitative estimate of drug-likeness (QED) is 0.751. The zero-order valence-electron chi connectivity index (χ0n) is 12.0. The number of fused-ring (bicyclic) bond motifs is 3. The molecule has 5 nitrogen and oxygen atoms in total. The summed E-state index contributed by atoms with van der Waals surface area (Å²) < 4.78 is 18.8. The lowest BCUT2D eigenvalue weighted by Gasteiger charge is -2.35. The standard InChI is InChI=1S/C16H18FNO4/c17-9-1-2-12-10(5-9)11(7-22-12)15(21)18-16-4-3-8(6-16)13(19)14(16)20/h1-2,5,8,11,13-14,19-20H,3-4,6-7H2,(H,18,21)/t8?,11?,13-,14-,16?/m0/s1. The Morgan fingerprint density at radius 3 is 2.95 bits per heavy atom. The van der Waals surface area contributed by atoms with Crippen LogP contribution in [-0.2, 0) is 4.79 Å². The summed E-state index contributed by atoms with van der Waals surface area (Å²) in [7, 11) is 0. The van der Waals surface area contributed by atoms with Gasteiger partial charge in [-0.1, -0.05) is 0 Å². The van der Waals surface area contributed by atoms with Gasteiger partial charge in [0.15, 0.2) is 0 Å². The van der Waals surface area contributed by atoms with E-state index >= 15 is 0 Å². The van der Waals surface area contributed by atoms with Crippen LogP contribution in [0.3, 0.4) is 0 Å². The minimum absolute atomic E-state index is 0.0415. The van der Waals surface area contributed by atoms with Crippen molar-refractivity contribution in [2.75, 3.05) is 6.61 Å². The zero-order valence-corrected chi connectivity index (χ0v) is 12.0. The number of benzene rings is 1. The van der Waals surface area contributed by atoms with Gasteiger partial charge in [0.2, 0.25) is 5.91 Å². The zero-order chi connectivity index (χ0) is 15.5. The van der Waals surface area contributed by atoms with Crippen molar-refractivity contribution in [1.82, 2.24) is 5.32 Å². The number of ether oxygens (including phenoxy) is 1. The topological polar surface area (TPSA) is 78.8 Å². The van der Waals surface area contributed by atoms with Gasteiger partial charge in [0.25, 0.3) is 0 Å². The number of hydrogen-bond donors (Lipinski definition) is 3. The average Bonchev–Trinajstić information content (AvgIpc) is 3.14. The van der Waals surface area contributed by atoms with E-state index in [-0.39, 0.29) is 18.4 Å². The Balaban J connectivity index is 1.56. The number of rotatable bonds is 2. The predicted octanol–water partition coefficient (Wildman–Crippen LogP) is 0.692. The Kier molecular flexibility index (Phi) is 2.96. The second kappa shape index (κ2) is 4.67. The molecule has 0 aromatic heterocycles. The predicted molar refractivity (Wildman–Crippen MR) is 74.9 cm³/mol. The van der Waals surface area contributed by atoms with Gasteiger partial charge in [0.05, 0.1) is 11.6 Å². The van der Waals surface area contributed by atoms with Gasteiger partial charge in [-0.05, 0) is 43.4 Å². The van der Waals surface area contributed by atoms with Crippen molar-refractivity contribution in [3.8, 4) is 5.75 Å². The highest BCUT2D eigenvalue weighted by Gasteiger charge is 2.58. The maximum atomic E-state index is 13.4. The summed E-state index contributed by atoms with van der Waals surface area (Å²) in [5, 5.41) is 23.1. The van der Waals surface area contributed by atoms with Crippen LogP contribution in [0, 0.1) is 11.7 Å². The van der Waals surface area contributed by atoms with Crippen molar-refractivity contribution in [3.05, 3.63) is 29.6 Å². The number of aliphatic hydroxyl groups is 2. The molecule has 2 bridgehead atoms. The molecular formula is C16H18FNO4. The largest absolute Gasteiger partial charge is 0.492 e. The SMILES string of the molecule is O=C(NC12CCC(C1)[C@H](O)[C@@H]2O)C1COc2ccc(F)cc21. The fourth-order valence-electron chi connectivity index (χ4n) is 4.18. The van der Waals surface area contributed by atoms with Gasteiger partial charge in [-0.25, -0.2) is 4.39 Å². The van der Waals surface area contributed by atoms with Gasteiger partial charge in [-0.15, -0.1) is 0 Å². The molecule has 5 atom stereocenters. The van der Waals surface area contributed by atoms with Crippen LogP contribution in [0.5, 0.6) is 5.75 Å². The highest BCUT2D eigenvalue weighted by atomic mass is 19.1. The smallest absolute Gasteiger partial charge is 0.231 e. The van der Waals surface area contributed by atoms with E-state index in [1.54, 1.807) is 0 Å². The van der Waals surface area contributed by atoms with E-state index in [1.165, 1.54) is 18.2 Å². The van der Waals surface area contributed by atoms with E-state index in [4.69, 9.17) is 4.74 Å². The van der Waals surface area contributed by atoms with Crippen molar-refractivity contribution in [2.45, 2.75) is 42.9 Å². The first kappa shape index (κ1) is 14.0. The number of halogens is 1. The summed E-state index contributed by atoms with van der Waals surface area (Å²) in [5.41, 5.74) is -0.214. The van der Waals surface area contributed by atoms with E-state index in [0.717, 1.165) is 6.42 Å². The molecule has 2 aliphatic carbocycles. The highest BCUT2D eigenvalue weighted by Crippen LogP contribution is 2.48. The number of carbonyl (C=O) groups is 1. The van der Waals surface area contributed by atoms with Crippen molar-refractivity contribution in [1.29, 1.82) is 0 Å². The molecule has 6 heteroatoms. The molecule has 3 aliphatic rings. The molecule has 0 saturated heterocycles. The lowest BCUT2D eigenvalue weighted by atomic mass is 9.88. The lowest BCUT2D eigenvalue weighted by Crippen LogP contribution is -2.57. The molecule has 22 heavy (non-hydrogen) atoms. The summed E-state index contributed by atoms with van der Waals surface area (Å²) in [6.45, 7) is 0.169. The second-order valence-corrected chi connectivity index (χ2v) is 6.63. The summed E-state index contributed by atoms with van der Waals surface area (Å²) >= 11 is 0. The van der Waals surface area contributed by atoms with Crippen LogP contribution in [0.4, 0.5) is 4.39 Å². The molecule has 1 aromatic rings. The number of hydrogen-bond acceptors (Lipinski definition) is 4. The fourth-order valence-corrected chi connectivity index (χ4v) is 4.18. The van der Waals surface area contributed by atoms with Crippen LogP contribution in [0.25, 0.3) is 0 Å². The summed E-state index contributed by atoms with van der Waals surface area (Å²) in [5.74, 6) is -0.699. The molecule has 1 amide bonds. The summed E-state index contributed by atoms with van der Waals surface area (Å²) in [4.78, 5) is 12.6. The third kappa shape index (κ3) is 1.87. The maximum Gasteiger partial charge on any atom is 0.231 e.